The Morgan fingerprint density at radius 1 is 1.21 bits per heavy atom. The second-order valence-corrected chi connectivity index (χ2v) is 6.05. The molecule has 0 fully saturated rings. The zero-order valence-corrected chi connectivity index (χ0v) is 18.4. The standard InChI is InChI=1S/C21H25FN4O.HI/c1-16(18-7-4-3-5-8-18)27-12-6-11-25-21(24-2)26-15-19-13-17(14-23)9-10-20(19)22;/h3-5,7-10,13,16H,6,11-12,15H2,1-2H3,(H2,24,25,26);1H. The lowest BCUT2D eigenvalue weighted by Crippen LogP contribution is -2.37. The third-order valence-electron chi connectivity index (χ3n) is 4.10. The molecule has 0 amide bonds. The number of aliphatic imine (C=N–C) groups is 1. The molecule has 0 saturated carbocycles. The van der Waals surface area contributed by atoms with Gasteiger partial charge in [-0.15, -0.1) is 24.0 Å². The highest BCUT2D eigenvalue weighted by molar-refractivity contribution is 14.0. The molecule has 0 saturated heterocycles. The lowest BCUT2D eigenvalue weighted by Gasteiger charge is -2.15. The van der Waals surface area contributed by atoms with E-state index < -0.39 is 0 Å². The fraction of sp³-hybridized carbons (Fsp3) is 0.333. The molecule has 0 spiro atoms. The van der Waals surface area contributed by atoms with Gasteiger partial charge < -0.3 is 15.4 Å². The summed E-state index contributed by atoms with van der Waals surface area (Å²) in [5.41, 5.74) is 2.02. The third kappa shape index (κ3) is 7.82. The Kier molecular flexibility index (Phi) is 11.1. The summed E-state index contributed by atoms with van der Waals surface area (Å²) in [6.45, 7) is 3.59. The first-order chi connectivity index (χ1) is 13.1. The average molecular weight is 496 g/mol. The van der Waals surface area contributed by atoms with Gasteiger partial charge in [-0.05, 0) is 37.1 Å². The van der Waals surface area contributed by atoms with Crippen LogP contribution in [-0.4, -0.2) is 26.2 Å². The van der Waals surface area contributed by atoms with Crippen molar-refractivity contribution < 1.29 is 9.13 Å². The Labute approximate surface area is 183 Å². The largest absolute Gasteiger partial charge is 0.374 e. The van der Waals surface area contributed by atoms with Crippen molar-refractivity contribution in [3.63, 3.8) is 0 Å². The molecular weight excluding hydrogens is 470 g/mol. The lowest BCUT2D eigenvalue weighted by molar-refractivity contribution is 0.0646. The van der Waals surface area contributed by atoms with Gasteiger partial charge in [-0.1, -0.05) is 30.3 Å². The average Bonchev–Trinajstić information content (AvgIpc) is 2.71. The summed E-state index contributed by atoms with van der Waals surface area (Å²) in [6, 6.07) is 16.4. The molecule has 2 aromatic carbocycles. The van der Waals surface area contributed by atoms with Gasteiger partial charge in [0.25, 0.3) is 0 Å². The van der Waals surface area contributed by atoms with Crippen LogP contribution in [0.3, 0.4) is 0 Å². The van der Waals surface area contributed by atoms with Crippen LogP contribution in [0.1, 0.15) is 36.1 Å². The van der Waals surface area contributed by atoms with E-state index in [-0.39, 0.29) is 42.4 Å². The van der Waals surface area contributed by atoms with E-state index in [4.69, 9.17) is 10.00 Å². The summed E-state index contributed by atoms with van der Waals surface area (Å²) < 4.78 is 19.6. The maximum atomic E-state index is 13.8. The Balaban J connectivity index is 0.00000392. The van der Waals surface area contributed by atoms with Gasteiger partial charge >= 0.3 is 0 Å². The molecule has 150 valence electrons. The van der Waals surface area contributed by atoms with E-state index in [0.717, 1.165) is 12.0 Å². The molecule has 7 heteroatoms. The maximum absolute atomic E-state index is 13.8. The number of ether oxygens (including phenoxy) is 1. The van der Waals surface area contributed by atoms with Gasteiger partial charge in [-0.3, -0.25) is 4.99 Å². The van der Waals surface area contributed by atoms with E-state index in [9.17, 15) is 4.39 Å². The van der Waals surface area contributed by atoms with Gasteiger partial charge in [0.15, 0.2) is 5.96 Å². The lowest BCUT2D eigenvalue weighted by atomic mass is 10.1. The van der Waals surface area contributed by atoms with E-state index in [1.165, 1.54) is 18.2 Å². The van der Waals surface area contributed by atoms with Crippen molar-refractivity contribution in [2.24, 2.45) is 4.99 Å². The molecule has 1 atom stereocenters. The van der Waals surface area contributed by atoms with Crippen LogP contribution in [-0.2, 0) is 11.3 Å². The summed E-state index contributed by atoms with van der Waals surface area (Å²) in [7, 11) is 1.66. The predicted molar refractivity (Wildman–Crippen MR) is 120 cm³/mol. The predicted octanol–water partition coefficient (Wildman–Crippen LogP) is 4.15. The number of benzene rings is 2. The van der Waals surface area contributed by atoms with Crippen LogP contribution >= 0.6 is 24.0 Å². The van der Waals surface area contributed by atoms with Gasteiger partial charge in [-0.25, -0.2) is 4.39 Å². The highest BCUT2D eigenvalue weighted by Gasteiger charge is 2.06. The van der Waals surface area contributed by atoms with Crippen LogP contribution in [0.4, 0.5) is 4.39 Å². The van der Waals surface area contributed by atoms with E-state index in [2.05, 4.69) is 27.8 Å². The number of rotatable bonds is 8. The Morgan fingerprint density at radius 2 is 1.96 bits per heavy atom. The van der Waals surface area contributed by atoms with Crippen molar-refractivity contribution in [1.82, 2.24) is 10.6 Å². The van der Waals surface area contributed by atoms with Crippen molar-refractivity contribution in [3.8, 4) is 6.07 Å². The van der Waals surface area contributed by atoms with Gasteiger partial charge in [-0.2, -0.15) is 5.26 Å². The number of halogens is 2. The van der Waals surface area contributed by atoms with Crippen LogP contribution in [0, 0.1) is 17.1 Å². The Bertz CT molecular complexity index is 793. The van der Waals surface area contributed by atoms with E-state index in [0.29, 0.717) is 30.2 Å². The molecule has 1 unspecified atom stereocenters. The molecular formula is C21H26FIN4O. The van der Waals surface area contributed by atoms with Crippen LogP contribution in [0.2, 0.25) is 0 Å². The number of nitrogens with zero attached hydrogens (tertiary/aromatic N) is 2. The topological polar surface area (TPSA) is 69.4 Å². The summed E-state index contributed by atoms with van der Waals surface area (Å²) >= 11 is 0. The van der Waals surface area contributed by atoms with Crippen molar-refractivity contribution in [2.75, 3.05) is 20.2 Å². The molecule has 2 aromatic rings. The third-order valence-corrected chi connectivity index (χ3v) is 4.10. The normalized spacial score (nSPS) is 11.9. The number of hydrogen-bond acceptors (Lipinski definition) is 3. The molecule has 0 bridgehead atoms. The minimum Gasteiger partial charge on any atom is -0.374 e. The fourth-order valence-corrected chi connectivity index (χ4v) is 2.54. The highest BCUT2D eigenvalue weighted by atomic mass is 127. The zero-order valence-electron chi connectivity index (χ0n) is 16.1. The number of guanidine groups is 1. The second-order valence-electron chi connectivity index (χ2n) is 6.05. The number of hydrogen-bond donors (Lipinski definition) is 2. The van der Waals surface area contributed by atoms with Gasteiger partial charge in [0.1, 0.15) is 5.82 Å². The molecule has 2 rings (SSSR count). The maximum Gasteiger partial charge on any atom is 0.191 e. The fourth-order valence-electron chi connectivity index (χ4n) is 2.54. The number of nitrogens with one attached hydrogen (secondary N) is 2. The van der Waals surface area contributed by atoms with Crippen LogP contribution in [0.5, 0.6) is 0 Å². The molecule has 0 aromatic heterocycles. The van der Waals surface area contributed by atoms with Crippen molar-refractivity contribution in [1.29, 1.82) is 5.26 Å². The van der Waals surface area contributed by atoms with Crippen molar-refractivity contribution in [2.45, 2.75) is 26.0 Å². The van der Waals surface area contributed by atoms with E-state index in [1.54, 1.807) is 7.05 Å². The monoisotopic (exact) mass is 496 g/mol. The van der Waals surface area contributed by atoms with Crippen LogP contribution in [0.15, 0.2) is 53.5 Å². The highest BCUT2D eigenvalue weighted by Crippen LogP contribution is 2.15. The smallest absolute Gasteiger partial charge is 0.191 e. The summed E-state index contributed by atoms with van der Waals surface area (Å²) in [5, 5.41) is 15.1. The van der Waals surface area contributed by atoms with Gasteiger partial charge in [0.2, 0.25) is 0 Å². The first-order valence-electron chi connectivity index (χ1n) is 8.93. The van der Waals surface area contributed by atoms with Crippen molar-refractivity contribution >= 4 is 29.9 Å². The quantitative estimate of drug-likeness (QED) is 0.250. The van der Waals surface area contributed by atoms with Gasteiger partial charge in [0, 0.05) is 32.3 Å². The van der Waals surface area contributed by atoms with Gasteiger partial charge in [0.05, 0.1) is 17.7 Å². The molecule has 0 aliphatic heterocycles. The van der Waals surface area contributed by atoms with Crippen LogP contribution < -0.4 is 10.6 Å². The molecule has 28 heavy (non-hydrogen) atoms. The minimum absolute atomic E-state index is 0. The summed E-state index contributed by atoms with van der Waals surface area (Å²) in [6.07, 6.45) is 0.870. The van der Waals surface area contributed by atoms with E-state index in [1.807, 2.05) is 31.2 Å². The molecule has 2 N–H and O–H groups in total. The zero-order chi connectivity index (χ0) is 19.5. The second kappa shape index (κ2) is 13.1. The number of nitriles is 1. The molecule has 0 radical (unpaired) electrons. The SMILES string of the molecule is CN=C(NCCCOC(C)c1ccccc1)NCc1cc(C#N)ccc1F.I. The molecule has 5 nitrogen and oxygen atoms in total. The first-order valence-corrected chi connectivity index (χ1v) is 8.93. The molecule has 0 aliphatic carbocycles. The van der Waals surface area contributed by atoms with Crippen LogP contribution in [0.25, 0.3) is 0 Å². The van der Waals surface area contributed by atoms with Crippen molar-refractivity contribution in [3.05, 3.63) is 71.0 Å². The summed E-state index contributed by atoms with van der Waals surface area (Å²) in [5.74, 6) is 0.230. The summed E-state index contributed by atoms with van der Waals surface area (Å²) in [4.78, 5) is 4.12. The first kappa shape index (κ1) is 23.9. The Hall–Kier alpha value is -2.18. The van der Waals surface area contributed by atoms with E-state index >= 15 is 0 Å². The Morgan fingerprint density at radius 3 is 2.64 bits per heavy atom. The minimum atomic E-state index is -0.347. The molecule has 0 aliphatic rings. The molecule has 0 heterocycles.